The fourth-order valence-corrected chi connectivity index (χ4v) is 2.17. The summed E-state index contributed by atoms with van der Waals surface area (Å²) in [6.45, 7) is 0. The lowest BCUT2D eigenvalue weighted by atomic mass is 10.1. The van der Waals surface area contributed by atoms with E-state index in [0.29, 0.717) is 12.0 Å². The number of rotatable bonds is 3. The van der Waals surface area contributed by atoms with Crippen molar-refractivity contribution in [2.75, 3.05) is 0 Å². The van der Waals surface area contributed by atoms with Gasteiger partial charge in [0.1, 0.15) is 0 Å². The number of nitrogens with zero attached hydrogens (tertiary/aromatic N) is 1. The molecule has 2 rings (SSSR count). The quantitative estimate of drug-likeness (QED) is 0.611. The summed E-state index contributed by atoms with van der Waals surface area (Å²) >= 11 is 3.32. The van der Waals surface area contributed by atoms with Crippen LogP contribution in [0.3, 0.4) is 0 Å². The molecule has 1 heterocycles. The first kappa shape index (κ1) is 13.1. The second-order valence-electron chi connectivity index (χ2n) is 3.79. The number of halogens is 4. The summed E-state index contributed by atoms with van der Waals surface area (Å²) in [7, 11) is 0. The smallest absolute Gasteiger partial charge is 0.194 e. The van der Waals surface area contributed by atoms with Crippen LogP contribution in [0.5, 0.6) is 0 Å². The molecule has 0 spiro atoms. The third-order valence-electron chi connectivity index (χ3n) is 2.48. The molecule has 1 atom stereocenters. The van der Waals surface area contributed by atoms with Gasteiger partial charge in [0.05, 0.1) is 0 Å². The predicted octanol–water partition coefficient (Wildman–Crippen LogP) is 4.18. The minimum absolute atomic E-state index is 0.322. The molecule has 1 aromatic carbocycles. The monoisotopic (exact) mass is 315 g/mol. The van der Waals surface area contributed by atoms with Crippen molar-refractivity contribution in [1.29, 1.82) is 0 Å². The van der Waals surface area contributed by atoms with Crippen molar-refractivity contribution in [3.8, 4) is 0 Å². The Labute approximate surface area is 111 Å². The van der Waals surface area contributed by atoms with E-state index in [1.807, 2.05) is 12.1 Å². The largest absolute Gasteiger partial charge is 0.261 e. The average Bonchev–Trinajstić information content (AvgIpc) is 2.36. The van der Waals surface area contributed by atoms with Crippen LogP contribution in [0, 0.1) is 17.5 Å². The molecule has 1 aromatic heterocycles. The van der Waals surface area contributed by atoms with E-state index in [1.54, 1.807) is 12.3 Å². The molecule has 0 radical (unpaired) electrons. The van der Waals surface area contributed by atoms with Crippen molar-refractivity contribution in [3.05, 3.63) is 65.2 Å². The van der Waals surface area contributed by atoms with Crippen LogP contribution in [-0.2, 0) is 6.42 Å². The first-order valence-electron chi connectivity index (χ1n) is 5.26. The second kappa shape index (κ2) is 5.52. The summed E-state index contributed by atoms with van der Waals surface area (Å²) in [4.78, 5) is 3.79. The van der Waals surface area contributed by atoms with E-state index in [4.69, 9.17) is 0 Å². The number of alkyl halides is 1. The maximum atomic E-state index is 13.1. The van der Waals surface area contributed by atoms with Crippen LogP contribution in [0.15, 0.2) is 36.5 Å². The SMILES string of the molecule is Fc1cc(C(Br)Cc2ccccn2)cc(F)c1F. The van der Waals surface area contributed by atoms with Gasteiger partial charge < -0.3 is 0 Å². The molecule has 5 heteroatoms. The molecule has 1 unspecified atom stereocenters. The molecule has 18 heavy (non-hydrogen) atoms. The van der Waals surface area contributed by atoms with Crippen LogP contribution < -0.4 is 0 Å². The Morgan fingerprint density at radius 3 is 2.33 bits per heavy atom. The standard InChI is InChI=1S/C13H9BrF3N/c14-10(7-9-3-1-2-4-18-9)8-5-11(15)13(17)12(16)6-8/h1-6,10H,7H2. The maximum Gasteiger partial charge on any atom is 0.194 e. The van der Waals surface area contributed by atoms with E-state index >= 15 is 0 Å². The van der Waals surface area contributed by atoms with Gasteiger partial charge >= 0.3 is 0 Å². The van der Waals surface area contributed by atoms with Gasteiger partial charge in [-0.2, -0.15) is 0 Å². The van der Waals surface area contributed by atoms with E-state index in [0.717, 1.165) is 17.8 Å². The van der Waals surface area contributed by atoms with Crippen LogP contribution in [0.25, 0.3) is 0 Å². The van der Waals surface area contributed by atoms with Crippen LogP contribution >= 0.6 is 15.9 Å². The van der Waals surface area contributed by atoms with E-state index in [1.165, 1.54) is 0 Å². The molecule has 0 aliphatic heterocycles. The summed E-state index contributed by atoms with van der Waals surface area (Å²) in [6.07, 6.45) is 2.10. The van der Waals surface area contributed by atoms with Crippen molar-refractivity contribution in [2.24, 2.45) is 0 Å². The fraction of sp³-hybridized carbons (Fsp3) is 0.154. The molecule has 0 amide bonds. The Morgan fingerprint density at radius 1 is 1.11 bits per heavy atom. The van der Waals surface area contributed by atoms with Crippen LogP contribution in [0.1, 0.15) is 16.1 Å². The molecule has 0 N–H and O–H groups in total. The zero-order valence-electron chi connectivity index (χ0n) is 9.21. The van der Waals surface area contributed by atoms with Crippen molar-refractivity contribution < 1.29 is 13.2 Å². The van der Waals surface area contributed by atoms with Crippen molar-refractivity contribution in [2.45, 2.75) is 11.2 Å². The van der Waals surface area contributed by atoms with E-state index in [9.17, 15) is 13.2 Å². The third-order valence-corrected chi connectivity index (χ3v) is 3.33. The molecule has 0 fully saturated rings. The molecule has 0 saturated heterocycles. The van der Waals surface area contributed by atoms with E-state index in [2.05, 4.69) is 20.9 Å². The van der Waals surface area contributed by atoms with Crippen LogP contribution in [0.4, 0.5) is 13.2 Å². The topological polar surface area (TPSA) is 12.9 Å². The van der Waals surface area contributed by atoms with Gasteiger partial charge in [0.15, 0.2) is 17.5 Å². The molecular formula is C13H9BrF3N. The Kier molecular flexibility index (Phi) is 4.01. The van der Waals surface area contributed by atoms with Gasteiger partial charge in [-0.1, -0.05) is 22.0 Å². The molecule has 0 aliphatic carbocycles. The average molecular weight is 316 g/mol. The molecule has 1 nitrogen and oxygen atoms in total. The zero-order chi connectivity index (χ0) is 13.1. The van der Waals surface area contributed by atoms with Gasteiger partial charge in [0.25, 0.3) is 0 Å². The van der Waals surface area contributed by atoms with Crippen molar-refractivity contribution in [1.82, 2.24) is 4.98 Å². The molecule has 0 saturated carbocycles. The molecule has 94 valence electrons. The predicted molar refractivity (Wildman–Crippen MR) is 65.9 cm³/mol. The van der Waals surface area contributed by atoms with Gasteiger partial charge in [-0.15, -0.1) is 0 Å². The van der Waals surface area contributed by atoms with Gasteiger partial charge in [-0.3, -0.25) is 4.98 Å². The summed E-state index contributed by atoms with van der Waals surface area (Å²) in [5.41, 5.74) is 1.13. The summed E-state index contributed by atoms with van der Waals surface area (Å²) in [6, 6.07) is 7.39. The molecule has 0 aliphatic rings. The lowest BCUT2D eigenvalue weighted by molar-refractivity contribution is 0.445. The first-order valence-corrected chi connectivity index (χ1v) is 6.18. The molecule has 2 aromatic rings. The lowest BCUT2D eigenvalue weighted by Gasteiger charge is -2.10. The lowest BCUT2D eigenvalue weighted by Crippen LogP contribution is -2.01. The number of pyridine rings is 1. The van der Waals surface area contributed by atoms with Gasteiger partial charge in [-0.25, -0.2) is 13.2 Å². The molecular weight excluding hydrogens is 307 g/mol. The highest BCUT2D eigenvalue weighted by molar-refractivity contribution is 9.09. The van der Waals surface area contributed by atoms with Gasteiger partial charge in [-0.05, 0) is 29.8 Å². The highest BCUT2D eigenvalue weighted by Gasteiger charge is 2.16. The minimum Gasteiger partial charge on any atom is -0.261 e. The van der Waals surface area contributed by atoms with Gasteiger partial charge in [0.2, 0.25) is 0 Å². The highest BCUT2D eigenvalue weighted by atomic mass is 79.9. The van der Waals surface area contributed by atoms with Crippen molar-refractivity contribution >= 4 is 15.9 Å². The normalized spacial score (nSPS) is 12.4. The zero-order valence-corrected chi connectivity index (χ0v) is 10.8. The third kappa shape index (κ3) is 2.90. The Balaban J connectivity index is 2.22. The van der Waals surface area contributed by atoms with Crippen LogP contribution in [0.2, 0.25) is 0 Å². The molecule has 0 bridgehead atoms. The Morgan fingerprint density at radius 2 is 1.78 bits per heavy atom. The van der Waals surface area contributed by atoms with E-state index < -0.39 is 17.5 Å². The maximum absolute atomic E-state index is 13.1. The van der Waals surface area contributed by atoms with Crippen LogP contribution in [-0.4, -0.2) is 4.98 Å². The number of aromatic nitrogens is 1. The number of benzene rings is 1. The second-order valence-corrected chi connectivity index (χ2v) is 4.90. The summed E-state index contributed by atoms with van der Waals surface area (Å²) < 4.78 is 39.0. The highest BCUT2D eigenvalue weighted by Crippen LogP contribution is 2.28. The summed E-state index contributed by atoms with van der Waals surface area (Å²) in [5.74, 6) is -3.82. The Hall–Kier alpha value is -1.36. The Bertz CT molecular complexity index is 522. The van der Waals surface area contributed by atoms with Crippen molar-refractivity contribution in [3.63, 3.8) is 0 Å². The summed E-state index contributed by atoms with van der Waals surface area (Å²) in [5, 5.41) is 0. The van der Waals surface area contributed by atoms with Gasteiger partial charge in [0, 0.05) is 23.1 Å². The van der Waals surface area contributed by atoms with E-state index in [-0.39, 0.29) is 4.83 Å². The number of hydrogen-bond donors (Lipinski definition) is 0. The fourth-order valence-electron chi connectivity index (χ4n) is 1.58. The first-order chi connectivity index (χ1) is 8.58. The number of hydrogen-bond acceptors (Lipinski definition) is 1. The minimum atomic E-state index is -1.45.